The number of nitrogens with one attached hydrogen (secondary N) is 1. The molecule has 0 heterocycles. The van der Waals surface area contributed by atoms with Gasteiger partial charge in [0.05, 0.1) is 21.2 Å². The fourth-order valence-electron chi connectivity index (χ4n) is 1.64. The smallest absolute Gasteiger partial charge is 0.335 e. The molecule has 2 N–H and O–H groups in total. The van der Waals surface area contributed by atoms with E-state index in [1.807, 2.05) is 0 Å². The van der Waals surface area contributed by atoms with Crippen molar-refractivity contribution in [2.24, 2.45) is 0 Å². The van der Waals surface area contributed by atoms with Crippen molar-refractivity contribution in [1.29, 1.82) is 0 Å². The number of benzene rings is 2. The summed E-state index contributed by atoms with van der Waals surface area (Å²) in [6.07, 6.45) is 0. The Hall–Kier alpha value is -1.75. The van der Waals surface area contributed by atoms with Gasteiger partial charge in [0.1, 0.15) is 0 Å². The lowest BCUT2D eigenvalue weighted by molar-refractivity contribution is 0.0696. The second-order valence-corrected chi connectivity index (χ2v) is 4.75. The Morgan fingerprint density at radius 2 is 1.57 bits per heavy atom. The minimum Gasteiger partial charge on any atom is -0.478 e. The number of aromatic carboxylic acids is 1. The van der Waals surface area contributed by atoms with Crippen molar-refractivity contribution in [3.63, 3.8) is 0 Å². The van der Waals surface area contributed by atoms with Gasteiger partial charge in [-0.05, 0) is 30.3 Å². The van der Waals surface area contributed by atoms with Crippen LogP contribution in [0.2, 0.25) is 10.0 Å². The summed E-state index contributed by atoms with van der Waals surface area (Å²) in [5, 5.41) is 11.9. The highest BCUT2D eigenvalue weighted by Crippen LogP contribution is 2.25. The van der Waals surface area contributed by atoms with Gasteiger partial charge in [-0.25, -0.2) is 4.79 Å². The predicted octanol–water partition coefficient (Wildman–Crippen LogP) is 4.37. The van der Waals surface area contributed by atoms with Gasteiger partial charge in [-0.1, -0.05) is 35.3 Å². The SMILES string of the molecule is Cl.O=C(O)c1cccc(NC(=O)c2c(Cl)cccc2Cl)c1. The molecule has 0 aliphatic rings. The third-order valence-electron chi connectivity index (χ3n) is 2.56. The summed E-state index contributed by atoms with van der Waals surface area (Å²) < 4.78 is 0. The second kappa shape index (κ2) is 7.31. The van der Waals surface area contributed by atoms with E-state index < -0.39 is 11.9 Å². The van der Waals surface area contributed by atoms with Gasteiger partial charge < -0.3 is 10.4 Å². The van der Waals surface area contributed by atoms with Gasteiger partial charge in [0, 0.05) is 5.69 Å². The minimum absolute atomic E-state index is 0. The Labute approximate surface area is 137 Å². The van der Waals surface area contributed by atoms with Crippen molar-refractivity contribution < 1.29 is 14.7 Å². The fraction of sp³-hybridized carbons (Fsp3) is 0. The highest BCUT2D eigenvalue weighted by molar-refractivity contribution is 6.40. The maximum Gasteiger partial charge on any atom is 0.335 e. The van der Waals surface area contributed by atoms with Crippen LogP contribution in [-0.4, -0.2) is 17.0 Å². The lowest BCUT2D eigenvalue weighted by atomic mass is 10.1. The molecule has 0 aliphatic carbocycles. The van der Waals surface area contributed by atoms with Crippen LogP contribution < -0.4 is 5.32 Å². The first-order chi connectivity index (χ1) is 9.49. The van der Waals surface area contributed by atoms with Crippen LogP contribution in [0.3, 0.4) is 0 Å². The zero-order valence-electron chi connectivity index (χ0n) is 10.5. The van der Waals surface area contributed by atoms with Gasteiger partial charge in [0.2, 0.25) is 0 Å². The summed E-state index contributed by atoms with van der Waals surface area (Å²) in [5.74, 6) is -1.57. The van der Waals surface area contributed by atoms with Crippen LogP contribution in [0.25, 0.3) is 0 Å². The molecule has 1 amide bonds. The van der Waals surface area contributed by atoms with E-state index in [1.54, 1.807) is 24.3 Å². The number of carboxylic acid groups (broad SMARTS) is 1. The Bertz CT molecular complexity index is 669. The Balaban J connectivity index is 0.00000220. The molecule has 0 spiro atoms. The van der Waals surface area contributed by atoms with Gasteiger partial charge >= 0.3 is 5.97 Å². The van der Waals surface area contributed by atoms with Crippen LogP contribution in [0, 0.1) is 0 Å². The molecule has 0 aromatic heterocycles. The first-order valence-electron chi connectivity index (χ1n) is 5.58. The quantitative estimate of drug-likeness (QED) is 0.867. The summed E-state index contributed by atoms with van der Waals surface area (Å²) in [6.45, 7) is 0. The lowest BCUT2D eigenvalue weighted by Crippen LogP contribution is -2.13. The van der Waals surface area contributed by atoms with E-state index >= 15 is 0 Å². The van der Waals surface area contributed by atoms with Crippen LogP contribution in [0.4, 0.5) is 5.69 Å². The number of rotatable bonds is 3. The summed E-state index contributed by atoms with van der Waals surface area (Å²) in [4.78, 5) is 23.0. The number of carbonyl (C=O) groups excluding carboxylic acids is 1. The number of carboxylic acids is 1. The van der Waals surface area contributed by atoms with Gasteiger partial charge in [0.15, 0.2) is 0 Å². The zero-order valence-corrected chi connectivity index (χ0v) is 12.8. The third-order valence-corrected chi connectivity index (χ3v) is 3.19. The number of amides is 1. The van der Waals surface area contributed by atoms with Crippen LogP contribution in [-0.2, 0) is 0 Å². The highest BCUT2D eigenvalue weighted by Gasteiger charge is 2.15. The van der Waals surface area contributed by atoms with E-state index in [2.05, 4.69) is 5.32 Å². The standard InChI is InChI=1S/C14H9Cl2NO3.ClH/c15-10-5-2-6-11(16)12(10)13(18)17-9-4-1-3-8(7-9)14(19)20;/h1-7H,(H,17,18)(H,19,20);1H. The van der Waals surface area contributed by atoms with Crippen LogP contribution in [0.1, 0.15) is 20.7 Å². The summed E-state index contributed by atoms with van der Waals surface area (Å²) in [7, 11) is 0. The Kier molecular flexibility index (Phi) is 6.03. The summed E-state index contributed by atoms with van der Waals surface area (Å²) >= 11 is 11.9. The average Bonchev–Trinajstić information content (AvgIpc) is 2.38. The van der Waals surface area contributed by atoms with Gasteiger partial charge in [0.25, 0.3) is 5.91 Å². The Morgan fingerprint density at radius 3 is 2.14 bits per heavy atom. The van der Waals surface area contributed by atoms with Crippen LogP contribution in [0.5, 0.6) is 0 Å². The van der Waals surface area contributed by atoms with E-state index in [0.717, 1.165) is 0 Å². The molecular weight excluding hydrogens is 337 g/mol. The molecule has 110 valence electrons. The molecule has 2 rings (SSSR count). The number of hydrogen-bond acceptors (Lipinski definition) is 2. The molecule has 0 saturated heterocycles. The van der Waals surface area contributed by atoms with Crippen molar-refractivity contribution in [1.82, 2.24) is 0 Å². The van der Waals surface area contributed by atoms with E-state index in [-0.39, 0.29) is 33.6 Å². The highest BCUT2D eigenvalue weighted by atomic mass is 35.5. The molecule has 0 radical (unpaired) electrons. The number of anilines is 1. The molecule has 7 heteroatoms. The maximum atomic E-state index is 12.1. The fourth-order valence-corrected chi connectivity index (χ4v) is 2.21. The molecule has 0 bridgehead atoms. The second-order valence-electron chi connectivity index (χ2n) is 3.94. The van der Waals surface area contributed by atoms with Crippen molar-refractivity contribution in [3.05, 3.63) is 63.6 Å². The molecule has 2 aromatic rings. The largest absolute Gasteiger partial charge is 0.478 e. The third kappa shape index (κ3) is 4.11. The van der Waals surface area contributed by atoms with Gasteiger partial charge in [-0.3, -0.25) is 4.79 Å². The Morgan fingerprint density at radius 1 is 1.00 bits per heavy atom. The van der Waals surface area contributed by atoms with Gasteiger partial charge in [-0.15, -0.1) is 12.4 Å². The molecule has 0 saturated carbocycles. The van der Waals surface area contributed by atoms with Crippen LogP contribution in [0.15, 0.2) is 42.5 Å². The molecular formula is C14H10Cl3NO3. The minimum atomic E-state index is -1.07. The monoisotopic (exact) mass is 345 g/mol. The van der Waals surface area contributed by atoms with E-state index in [0.29, 0.717) is 5.69 Å². The maximum absolute atomic E-state index is 12.1. The molecule has 0 atom stereocenters. The molecule has 0 unspecified atom stereocenters. The number of carbonyl (C=O) groups is 2. The predicted molar refractivity (Wildman–Crippen MR) is 85.1 cm³/mol. The first kappa shape index (κ1) is 17.3. The molecule has 4 nitrogen and oxygen atoms in total. The molecule has 2 aromatic carbocycles. The molecule has 0 fully saturated rings. The van der Waals surface area contributed by atoms with E-state index in [4.69, 9.17) is 28.3 Å². The molecule has 21 heavy (non-hydrogen) atoms. The van der Waals surface area contributed by atoms with E-state index in [9.17, 15) is 9.59 Å². The van der Waals surface area contributed by atoms with Crippen molar-refractivity contribution in [2.45, 2.75) is 0 Å². The number of hydrogen-bond donors (Lipinski definition) is 2. The van der Waals surface area contributed by atoms with Gasteiger partial charge in [-0.2, -0.15) is 0 Å². The van der Waals surface area contributed by atoms with E-state index in [1.165, 1.54) is 18.2 Å². The average molecular weight is 347 g/mol. The first-order valence-corrected chi connectivity index (χ1v) is 6.33. The number of halogens is 3. The summed E-state index contributed by atoms with van der Waals surface area (Å²) in [6, 6.07) is 10.6. The summed E-state index contributed by atoms with van der Waals surface area (Å²) in [5.41, 5.74) is 0.579. The topological polar surface area (TPSA) is 66.4 Å². The van der Waals surface area contributed by atoms with Crippen molar-refractivity contribution in [3.8, 4) is 0 Å². The zero-order chi connectivity index (χ0) is 14.7. The molecule has 0 aliphatic heterocycles. The van der Waals surface area contributed by atoms with Crippen molar-refractivity contribution >= 4 is 53.2 Å². The van der Waals surface area contributed by atoms with Crippen molar-refractivity contribution in [2.75, 3.05) is 5.32 Å². The normalized spacial score (nSPS) is 9.62. The lowest BCUT2D eigenvalue weighted by Gasteiger charge is -2.08. The van der Waals surface area contributed by atoms with Crippen LogP contribution >= 0.6 is 35.6 Å².